The summed E-state index contributed by atoms with van der Waals surface area (Å²) in [5, 5.41) is 11.4. The van der Waals surface area contributed by atoms with E-state index < -0.39 is 0 Å². The average molecular weight is 373 g/mol. The number of fused-ring (bicyclic) bond motifs is 1. The number of anilines is 1. The van der Waals surface area contributed by atoms with E-state index in [2.05, 4.69) is 20.5 Å². The molecule has 0 spiro atoms. The number of nitrogens with zero attached hydrogens (tertiary/aromatic N) is 3. The zero-order chi connectivity index (χ0) is 18.7. The Hall–Kier alpha value is -2.81. The van der Waals surface area contributed by atoms with Crippen LogP contribution < -0.4 is 15.6 Å². The molecule has 8 nitrogen and oxygen atoms in total. The number of amides is 1. The van der Waals surface area contributed by atoms with Gasteiger partial charge in [-0.2, -0.15) is 0 Å². The lowest BCUT2D eigenvalue weighted by molar-refractivity contribution is -0.113. The van der Waals surface area contributed by atoms with Gasteiger partial charge in [0.1, 0.15) is 5.75 Å². The molecular formula is C17H19N5O3S. The molecule has 136 valence electrons. The van der Waals surface area contributed by atoms with Gasteiger partial charge in [0.2, 0.25) is 11.7 Å². The Labute approximate surface area is 154 Å². The predicted molar refractivity (Wildman–Crippen MR) is 100 cm³/mol. The normalized spacial score (nSPS) is 10.9. The van der Waals surface area contributed by atoms with Crippen molar-refractivity contribution in [3.05, 3.63) is 45.9 Å². The van der Waals surface area contributed by atoms with Crippen molar-refractivity contribution in [2.75, 3.05) is 17.7 Å². The molecule has 9 heteroatoms. The van der Waals surface area contributed by atoms with Crippen molar-refractivity contribution in [3.63, 3.8) is 0 Å². The van der Waals surface area contributed by atoms with Crippen LogP contribution in [0.3, 0.4) is 0 Å². The van der Waals surface area contributed by atoms with Gasteiger partial charge in [0.05, 0.1) is 12.4 Å². The molecule has 2 aromatic heterocycles. The van der Waals surface area contributed by atoms with Crippen LogP contribution in [0.15, 0.2) is 34.2 Å². The van der Waals surface area contributed by atoms with Crippen molar-refractivity contribution < 1.29 is 9.53 Å². The maximum atomic E-state index is 12.2. The molecule has 0 atom stereocenters. The van der Waals surface area contributed by atoms with Gasteiger partial charge < -0.3 is 10.1 Å². The van der Waals surface area contributed by atoms with Gasteiger partial charge in [-0.1, -0.05) is 11.8 Å². The number of aryl methyl sites for hydroxylation is 1. The molecule has 2 heterocycles. The molecule has 0 saturated heterocycles. The average Bonchev–Trinajstić information content (AvgIpc) is 3.03. The lowest BCUT2D eigenvalue weighted by Gasteiger charge is -2.07. The minimum atomic E-state index is -0.188. The molecule has 0 saturated carbocycles. The predicted octanol–water partition coefficient (Wildman–Crippen LogP) is 2.16. The number of benzene rings is 1. The molecule has 0 aliphatic rings. The number of rotatable bonds is 6. The highest BCUT2D eigenvalue weighted by molar-refractivity contribution is 7.99. The van der Waals surface area contributed by atoms with E-state index in [1.165, 1.54) is 11.8 Å². The second-order valence-corrected chi connectivity index (χ2v) is 6.54. The summed E-state index contributed by atoms with van der Waals surface area (Å²) in [6.45, 7) is 6.07. The fourth-order valence-electron chi connectivity index (χ4n) is 2.40. The van der Waals surface area contributed by atoms with Gasteiger partial charge in [-0.3, -0.25) is 19.0 Å². The molecule has 0 radical (unpaired) electrons. The van der Waals surface area contributed by atoms with E-state index in [-0.39, 0.29) is 17.2 Å². The van der Waals surface area contributed by atoms with Crippen LogP contribution in [-0.4, -0.2) is 37.8 Å². The zero-order valence-corrected chi connectivity index (χ0v) is 15.5. The minimum Gasteiger partial charge on any atom is -0.494 e. The van der Waals surface area contributed by atoms with Crippen LogP contribution >= 0.6 is 11.8 Å². The second kappa shape index (κ2) is 7.61. The Kier molecular flexibility index (Phi) is 5.27. The van der Waals surface area contributed by atoms with Gasteiger partial charge in [-0.05, 0) is 45.0 Å². The van der Waals surface area contributed by atoms with Gasteiger partial charge in [-0.15, -0.1) is 10.2 Å². The molecule has 3 rings (SSSR count). The molecule has 0 aliphatic heterocycles. The summed E-state index contributed by atoms with van der Waals surface area (Å²) in [6.07, 6.45) is 0. The fourth-order valence-corrected chi connectivity index (χ4v) is 3.19. The van der Waals surface area contributed by atoms with Gasteiger partial charge in [0.15, 0.2) is 5.16 Å². The van der Waals surface area contributed by atoms with E-state index >= 15 is 0 Å². The fraction of sp³-hybridized carbons (Fsp3) is 0.294. The standard InChI is InChI=1S/C17H19N5O3S/c1-4-25-13-7-5-12(6-8-13)18-14(23)9-26-17-21-20-16-19-15(24)10(2)11(3)22(16)17/h5-8H,4,9H2,1-3H3,(H,18,23)(H,19,20,24). The summed E-state index contributed by atoms with van der Waals surface area (Å²) < 4.78 is 7.11. The highest BCUT2D eigenvalue weighted by atomic mass is 32.2. The number of H-pyrrole nitrogens is 1. The molecular weight excluding hydrogens is 354 g/mol. The highest BCUT2D eigenvalue weighted by Gasteiger charge is 2.14. The van der Waals surface area contributed by atoms with Crippen molar-refractivity contribution in [2.45, 2.75) is 25.9 Å². The molecule has 2 N–H and O–H groups in total. The van der Waals surface area contributed by atoms with Crippen molar-refractivity contribution in [2.24, 2.45) is 0 Å². The Bertz CT molecular complexity index is 994. The largest absolute Gasteiger partial charge is 0.494 e. The third-order valence-corrected chi connectivity index (χ3v) is 4.79. The van der Waals surface area contributed by atoms with E-state index in [1.807, 2.05) is 13.8 Å². The van der Waals surface area contributed by atoms with Crippen molar-refractivity contribution in [1.82, 2.24) is 19.6 Å². The number of aromatic amines is 1. The molecule has 1 aromatic carbocycles. The van der Waals surface area contributed by atoms with Crippen LogP contribution in [0.4, 0.5) is 5.69 Å². The van der Waals surface area contributed by atoms with Gasteiger partial charge >= 0.3 is 0 Å². The summed E-state index contributed by atoms with van der Waals surface area (Å²) in [4.78, 5) is 26.6. The van der Waals surface area contributed by atoms with Crippen LogP contribution in [0.25, 0.3) is 5.78 Å². The Morgan fingerprint density at radius 3 is 2.69 bits per heavy atom. The maximum absolute atomic E-state index is 12.2. The number of ether oxygens (including phenoxy) is 1. The topological polar surface area (TPSA) is 101 Å². The molecule has 0 aliphatic carbocycles. The van der Waals surface area contributed by atoms with Crippen LogP contribution in [0, 0.1) is 13.8 Å². The first-order valence-electron chi connectivity index (χ1n) is 8.09. The summed E-state index contributed by atoms with van der Waals surface area (Å²) in [6, 6.07) is 7.19. The lowest BCUT2D eigenvalue weighted by atomic mass is 10.3. The third-order valence-electron chi connectivity index (χ3n) is 3.86. The van der Waals surface area contributed by atoms with Crippen LogP contribution in [0.5, 0.6) is 5.75 Å². The van der Waals surface area contributed by atoms with Gasteiger partial charge in [0.25, 0.3) is 5.56 Å². The van der Waals surface area contributed by atoms with Crippen LogP contribution in [0.2, 0.25) is 0 Å². The zero-order valence-electron chi connectivity index (χ0n) is 14.7. The minimum absolute atomic E-state index is 0.158. The summed E-state index contributed by atoms with van der Waals surface area (Å²) >= 11 is 1.25. The Balaban J connectivity index is 1.67. The summed E-state index contributed by atoms with van der Waals surface area (Å²) in [5.41, 5.74) is 1.86. The van der Waals surface area contributed by atoms with Crippen molar-refractivity contribution >= 4 is 29.1 Å². The molecule has 0 unspecified atom stereocenters. The number of aromatic nitrogens is 4. The van der Waals surface area contributed by atoms with Gasteiger partial charge in [-0.25, -0.2) is 0 Å². The third kappa shape index (κ3) is 3.72. The molecule has 26 heavy (non-hydrogen) atoms. The first kappa shape index (κ1) is 18.0. The summed E-state index contributed by atoms with van der Waals surface area (Å²) in [7, 11) is 0. The second-order valence-electron chi connectivity index (χ2n) is 5.60. The van der Waals surface area contributed by atoms with E-state index in [1.54, 1.807) is 35.6 Å². The maximum Gasteiger partial charge on any atom is 0.255 e. The Morgan fingerprint density at radius 2 is 2.00 bits per heavy atom. The number of nitrogens with one attached hydrogen (secondary N) is 2. The van der Waals surface area contributed by atoms with E-state index in [4.69, 9.17) is 4.74 Å². The number of hydrogen-bond donors (Lipinski definition) is 2. The summed E-state index contributed by atoms with van der Waals surface area (Å²) in [5.74, 6) is 1.14. The quantitative estimate of drug-likeness (QED) is 0.642. The van der Waals surface area contributed by atoms with Crippen molar-refractivity contribution in [1.29, 1.82) is 0 Å². The monoisotopic (exact) mass is 373 g/mol. The number of carbonyl (C=O) groups is 1. The van der Waals surface area contributed by atoms with E-state index in [0.717, 1.165) is 11.4 Å². The van der Waals surface area contributed by atoms with E-state index in [9.17, 15) is 9.59 Å². The molecule has 3 aromatic rings. The van der Waals surface area contributed by atoms with Crippen LogP contribution in [-0.2, 0) is 4.79 Å². The number of carbonyl (C=O) groups excluding carboxylic acids is 1. The smallest absolute Gasteiger partial charge is 0.255 e. The first-order chi connectivity index (χ1) is 12.5. The van der Waals surface area contributed by atoms with Crippen molar-refractivity contribution in [3.8, 4) is 5.75 Å². The van der Waals surface area contributed by atoms with Crippen LogP contribution in [0.1, 0.15) is 18.2 Å². The molecule has 0 fully saturated rings. The van der Waals surface area contributed by atoms with E-state index in [0.29, 0.717) is 28.8 Å². The SMILES string of the molecule is CCOc1ccc(NC(=O)CSc2nnc3[nH]c(=O)c(C)c(C)n23)cc1. The Morgan fingerprint density at radius 1 is 1.27 bits per heavy atom. The molecule has 1 amide bonds. The number of hydrogen-bond acceptors (Lipinski definition) is 6. The van der Waals surface area contributed by atoms with Gasteiger partial charge in [0, 0.05) is 16.9 Å². The molecule has 0 bridgehead atoms. The number of thioether (sulfide) groups is 1. The highest BCUT2D eigenvalue weighted by Crippen LogP contribution is 2.19. The first-order valence-corrected chi connectivity index (χ1v) is 9.08. The lowest BCUT2D eigenvalue weighted by Crippen LogP contribution is -2.16.